The average Bonchev–Trinajstić information content (AvgIpc) is 2.72. The molecule has 2 N–H and O–H groups in total. The van der Waals surface area contributed by atoms with Crippen molar-refractivity contribution < 1.29 is 19.1 Å². The monoisotopic (exact) mass is 447 g/mol. The molecule has 0 atom stereocenters. The number of anilines is 2. The number of nitrogens with one attached hydrogen (secondary N) is 2. The third-order valence-corrected chi connectivity index (χ3v) is 4.73. The van der Waals surface area contributed by atoms with Gasteiger partial charge in [-0.15, -0.1) is 0 Å². The van der Waals surface area contributed by atoms with Gasteiger partial charge in [-0.25, -0.2) is 0 Å². The lowest BCUT2D eigenvalue weighted by Crippen LogP contribution is -2.38. The lowest BCUT2D eigenvalue weighted by atomic mass is 10.2. The molecule has 0 saturated carbocycles. The first-order chi connectivity index (χ1) is 14.9. The van der Waals surface area contributed by atoms with Crippen molar-refractivity contribution in [3.05, 3.63) is 47.0 Å². The Morgan fingerprint density at radius 3 is 2.16 bits per heavy atom. The minimum absolute atomic E-state index is 0.0584. The summed E-state index contributed by atoms with van der Waals surface area (Å²) in [5.74, 6) is 0.748. The number of benzene rings is 2. The SMILES string of the molecule is CCOc1ccc(OCC)c(NC(=O)CN(CC)CC(=O)Nc2cc(Cl)ccc2C)c1. The summed E-state index contributed by atoms with van der Waals surface area (Å²) in [6.45, 7) is 9.22. The molecule has 0 radical (unpaired) electrons. The van der Waals surface area contributed by atoms with Crippen LogP contribution in [-0.2, 0) is 9.59 Å². The van der Waals surface area contributed by atoms with Gasteiger partial charge in [-0.05, 0) is 57.1 Å². The van der Waals surface area contributed by atoms with Gasteiger partial charge < -0.3 is 20.1 Å². The van der Waals surface area contributed by atoms with E-state index in [0.717, 1.165) is 5.56 Å². The molecule has 2 rings (SSSR count). The molecule has 2 aromatic rings. The highest BCUT2D eigenvalue weighted by Crippen LogP contribution is 2.29. The first-order valence-electron chi connectivity index (χ1n) is 10.3. The highest BCUT2D eigenvalue weighted by molar-refractivity contribution is 6.31. The molecule has 0 heterocycles. The Kier molecular flexibility index (Phi) is 9.62. The van der Waals surface area contributed by atoms with Crippen LogP contribution in [0.2, 0.25) is 5.02 Å². The van der Waals surface area contributed by atoms with Gasteiger partial charge in [-0.1, -0.05) is 24.6 Å². The summed E-state index contributed by atoms with van der Waals surface area (Å²) in [6.07, 6.45) is 0. The van der Waals surface area contributed by atoms with E-state index < -0.39 is 0 Å². The van der Waals surface area contributed by atoms with Gasteiger partial charge in [0.1, 0.15) is 11.5 Å². The molecule has 0 aliphatic carbocycles. The Morgan fingerprint density at radius 1 is 0.903 bits per heavy atom. The predicted octanol–water partition coefficient (Wildman–Crippen LogP) is 4.34. The summed E-state index contributed by atoms with van der Waals surface area (Å²) < 4.78 is 11.1. The van der Waals surface area contributed by atoms with E-state index in [1.807, 2.05) is 33.8 Å². The van der Waals surface area contributed by atoms with Crippen molar-refractivity contribution in [2.75, 3.05) is 43.5 Å². The van der Waals surface area contributed by atoms with Crippen LogP contribution in [0.15, 0.2) is 36.4 Å². The molecule has 0 aliphatic heterocycles. The van der Waals surface area contributed by atoms with Crippen LogP contribution in [0.5, 0.6) is 11.5 Å². The minimum Gasteiger partial charge on any atom is -0.494 e. The van der Waals surface area contributed by atoms with Gasteiger partial charge in [0.2, 0.25) is 11.8 Å². The van der Waals surface area contributed by atoms with Crippen LogP contribution in [0.3, 0.4) is 0 Å². The van der Waals surface area contributed by atoms with E-state index in [1.165, 1.54) is 0 Å². The van der Waals surface area contributed by atoms with Gasteiger partial charge in [-0.2, -0.15) is 0 Å². The fourth-order valence-electron chi connectivity index (χ4n) is 2.94. The Morgan fingerprint density at radius 2 is 1.55 bits per heavy atom. The zero-order valence-corrected chi connectivity index (χ0v) is 19.2. The summed E-state index contributed by atoms with van der Waals surface area (Å²) >= 11 is 6.01. The molecular weight excluding hydrogens is 418 g/mol. The molecule has 31 heavy (non-hydrogen) atoms. The van der Waals surface area contributed by atoms with E-state index in [-0.39, 0.29) is 24.9 Å². The molecule has 0 aromatic heterocycles. The number of ether oxygens (including phenoxy) is 2. The number of amides is 2. The third-order valence-electron chi connectivity index (χ3n) is 4.49. The molecular formula is C23H30ClN3O4. The van der Waals surface area contributed by atoms with E-state index in [2.05, 4.69) is 10.6 Å². The molecule has 2 amide bonds. The highest BCUT2D eigenvalue weighted by Gasteiger charge is 2.16. The van der Waals surface area contributed by atoms with Crippen LogP contribution in [0, 0.1) is 6.92 Å². The standard InChI is InChI=1S/C23H30ClN3O4/c1-5-27(14-22(28)25-19-12-17(24)9-8-16(19)4)15-23(29)26-20-13-18(30-6-2)10-11-21(20)31-7-3/h8-13H,5-7,14-15H2,1-4H3,(H,25,28)(H,26,29). The summed E-state index contributed by atoms with van der Waals surface area (Å²) in [5.41, 5.74) is 2.11. The second-order valence-corrected chi connectivity index (χ2v) is 7.32. The summed E-state index contributed by atoms with van der Waals surface area (Å²) in [7, 11) is 0. The number of nitrogens with zero attached hydrogens (tertiary/aromatic N) is 1. The van der Waals surface area contributed by atoms with Crippen molar-refractivity contribution >= 4 is 34.8 Å². The largest absolute Gasteiger partial charge is 0.494 e. The number of carbonyl (C=O) groups is 2. The van der Waals surface area contributed by atoms with Gasteiger partial charge in [-0.3, -0.25) is 14.5 Å². The van der Waals surface area contributed by atoms with Gasteiger partial charge in [0.05, 0.1) is 32.0 Å². The number of halogens is 1. The minimum atomic E-state index is -0.247. The fraction of sp³-hybridized carbons (Fsp3) is 0.391. The Hall–Kier alpha value is -2.77. The molecule has 0 unspecified atom stereocenters. The zero-order valence-electron chi connectivity index (χ0n) is 18.5. The van der Waals surface area contributed by atoms with Crippen LogP contribution in [-0.4, -0.2) is 49.6 Å². The van der Waals surface area contributed by atoms with Gasteiger partial charge in [0.15, 0.2) is 0 Å². The summed E-state index contributed by atoms with van der Waals surface area (Å²) in [4.78, 5) is 26.9. The number of aryl methyl sites for hydroxylation is 1. The smallest absolute Gasteiger partial charge is 0.238 e. The van der Waals surface area contributed by atoms with Crippen molar-refractivity contribution in [1.29, 1.82) is 0 Å². The van der Waals surface area contributed by atoms with Crippen molar-refractivity contribution in [2.24, 2.45) is 0 Å². The normalized spacial score (nSPS) is 10.6. The molecule has 8 heteroatoms. The van der Waals surface area contributed by atoms with Crippen molar-refractivity contribution in [3.8, 4) is 11.5 Å². The molecule has 168 valence electrons. The number of hydrogen-bond acceptors (Lipinski definition) is 5. The molecule has 0 fully saturated rings. The van der Waals surface area contributed by atoms with Gasteiger partial charge in [0, 0.05) is 16.8 Å². The molecule has 0 bridgehead atoms. The van der Waals surface area contributed by atoms with Gasteiger partial charge in [0.25, 0.3) is 0 Å². The van der Waals surface area contributed by atoms with Crippen LogP contribution < -0.4 is 20.1 Å². The maximum atomic E-state index is 12.6. The fourth-order valence-corrected chi connectivity index (χ4v) is 3.11. The predicted molar refractivity (Wildman–Crippen MR) is 124 cm³/mol. The number of carbonyl (C=O) groups excluding carboxylic acids is 2. The van der Waals surface area contributed by atoms with Crippen LogP contribution in [0.25, 0.3) is 0 Å². The van der Waals surface area contributed by atoms with Crippen LogP contribution >= 0.6 is 11.6 Å². The Bertz CT molecular complexity index is 904. The topological polar surface area (TPSA) is 79.9 Å². The van der Waals surface area contributed by atoms with Gasteiger partial charge >= 0.3 is 0 Å². The van der Waals surface area contributed by atoms with Crippen molar-refractivity contribution in [3.63, 3.8) is 0 Å². The van der Waals surface area contributed by atoms with E-state index in [9.17, 15) is 9.59 Å². The molecule has 0 aliphatic rings. The van der Waals surface area contributed by atoms with Crippen LogP contribution in [0.4, 0.5) is 11.4 Å². The van der Waals surface area contributed by atoms with E-state index >= 15 is 0 Å². The van der Waals surface area contributed by atoms with Crippen molar-refractivity contribution in [2.45, 2.75) is 27.7 Å². The average molecular weight is 448 g/mol. The van der Waals surface area contributed by atoms with E-state index in [0.29, 0.717) is 47.7 Å². The van der Waals surface area contributed by atoms with Crippen LogP contribution in [0.1, 0.15) is 26.3 Å². The molecule has 0 saturated heterocycles. The Labute approximate surface area is 188 Å². The number of likely N-dealkylation sites (N-methyl/N-ethyl adjacent to an activating group) is 1. The van der Waals surface area contributed by atoms with E-state index in [4.69, 9.17) is 21.1 Å². The molecule has 0 spiro atoms. The molecule has 7 nitrogen and oxygen atoms in total. The first-order valence-corrected chi connectivity index (χ1v) is 10.7. The third kappa shape index (κ3) is 7.77. The maximum absolute atomic E-state index is 12.6. The second kappa shape index (κ2) is 12.2. The van der Waals surface area contributed by atoms with E-state index in [1.54, 1.807) is 35.2 Å². The first kappa shape index (κ1) is 24.5. The second-order valence-electron chi connectivity index (χ2n) is 6.88. The summed E-state index contributed by atoms with van der Waals surface area (Å²) in [5, 5.41) is 6.26. The highest BCUT2D eigenvalue weighted by atomic mass is 35.5. The number of hydrogen-bond donors (Lipinski definition) is 2. The quantitative estimate of drug-likeness (QED) is 0.535. The zero-order chi connectivity index (χ0) is 22.8. The number of rotatable bonds is 11. The lowest BCUT2D eigenvalue weighted by molar-refractivity contribution is -0.119. The maximum Gasteiger partial charge on any atom is 0.238 e. The molecule has 2 aromatic carbocycles. The Balaban J connectivity index is 2.00. The lowest BCUT2D eigenvalue weighted by Gasteiger charge is -2.20. The van der Waals surface area contributed by atoms with Crippen molar-refractivity contribution in [1.82, 2.24) is 4.90 Å². The summed E-state index contributed by atoms with van der Waals surface area (Å²) in [6, 6.07) is 10.6.